The summed E-state index contributed by atoms with van der Waals surface area (Å²) in [6, 6.07) is 6.15. The maximum absolute atomic E-state index is 5.65. The fourth-order valence-electron chi connectivity index (χ4n) is 4.18. The van der Waals surface area contributed by atoms with Gasteiger partial charge >= 0.3 is 0 Å². The molecule has 1 atom stereocenters. The van der Waals surface area contributed by atoms with Crippen molar-refractivity contribution in [2.75, 3.05) is 32.8 Å². The Labute approximate surface area is 166 Å². The number of guanidine groups is 1. The lowest BCUT2D eigenvalue weighted by atomic mass is 9.87. The van der Waals surface area contributed by atoms with E-state index in [2.05, 4.69) is 39.4 Å². The first kappa shape index (κ1) is 18.9. The molecular weight excluding hydrogens is 352 g/mol. The SMILES string of the molecule is CCNC(=NCc1ccc(-n2nc(C)cc2C)nc1)N1CCC2(CCOC2)C1. The standard InChI is InChI=1S/C21H30N6O/c1-4-22-20(26-9-7-21(14-26)8-10-28-15-21)24-13-18-5-6-19(23-12-18)27-17(3)11-16(2)25-27/h5-6,11-12H,4,7-10,13-15H2,1-3H3,(H,22,24). The van der Waals surface area contributed by atoms with Gasteiger partial charge in [-0.1, -0.05) is 6.07 Å². The van der Waals surface area contributed by atoms with E-state index < -0.39 is 0 Å². The topological polar surface area (TPSA) is 67.6 Å². The van der Waals surface area contributed by atoms with Crippen LogP contribution >= 0.6 is 0 Å². The number of ether oxygens (including phenoxy) is 1. The van der Waals surface area contributed by atoms with E-state index in [1.54, 1.807) is 0 Å². The first-order valence-corrected chi connectivity index (χ1v) is 10.2. The number of hydrogen-bond donors (Lipinski definition) is 1. The van der Waals surface area contributed by atoms with Gasteiger partial charge in [-0.3, -0.25) is 0 Å². The van der Waals surface area contributed by atoms with Crippen LogP contribution in [0.25, 0.3) is 5.82 Å². The number of nitrogens with zero attached hydrogens (tertiary/aromatic N) is 5. The molecule has 1 spiro atoms. The van der Waals surface area contributed by atoms with Crippen LogP contribution in [0, 0.1) is 19.3 Å². The number of hydrogen-bond acceptors (Lipinski definition) is 4. The van der Waals surface area contributed by atoms with Gasteiger partial charge in [-0.2, -0.15) is 5.10 Å². The van der Waals surface area contributed by atoms with Crippen LogP contribution in [-0.4, -0.2) is 58.5 Å². The number of aryl methyl sites for hydroxylation is 2. The molecule has 0 aliphatic carbocycles. The van der Waals surface area contributed by atoms with Crippen molar-refractivity contribution in [3.05, 3.63) is 41.3 Å². The minimum Gasteiger partial charge on any atom is -0.381 e. The van der Waals surface area contributed by atoms with E-state index >= 15 is 0 Å². The summed E-state index contributed by atoms with van der Waals surface area (Å²) in [5, 5.41) is 7.94. The van der Waals surface area contributed by atoms with E-state index in [0.717, 1.165) is 61.6 Å². The first-order chi connectivity index (χ1) is 13.6. The molecule has 0 bridgehead atoms. The van der Waals surface area contributed by atoms with Gasteiger partial charge < -0.3 is 15.0 Å². The highest BCUT2D eigenvalue weighted by atomic mass is 16.5. The summed E-state index contributed by atoms with van der Waals surface area (Å²) in [5.41, 5.74) is 3.52. The van der Waals surface area contributed by atoms with Crippen molar-refractivity contribution in [1.82, 2.24) is 25.0 Å². The molecule has 2 fully saturated rings. The Bertz CT molecular complexity index is 835. The van der Waals surface area contributed by atoms with Gasteiger partial charge in [0.2, 0.25) is 0 Å². The summed E-state index contributed by atoms with van der Waals surface area (Å²) in [6.07, 6.45) is 4.26. The normalized spacial score (nSPS) is 22.4. The number of aromatic nitrogens is 3. The molecule has 2 aliphatic rings. The summed E-state index contributed by atoms with van der Waals surface area (Å²) >= 11 is 0. The van der Waals surface area contributed by atoms with Gasteiger partial charge in [-0.25, -0.2) is 14.7 Å². The third-order valence-corrected chi connectivity index (χ3v) is 5.70. The Hall–Kier alpha value is -2.41. The molecule has 0 aromatic carbocycles. The summed E-state index contributed by atoms with van der Waals surface area (Å²) in [6.45, 7) is 11.5. The molecule has 28 heavy (non-hydrogen) atoms. The van der Waals surface area contributed by atoms with Crippen LogP contribution in [0.4, 0.5) is 0 Å². The van der Waals surface area contributed by atoms with Crippen LogP contribution in [0.2, 0.25) is 0 Å². The smallest absolute Gasteiger partial charge is 0.194 e. The Morgan fingerprint density at radius 2 is 2.21 bits per heavy atom. The molecule has 2 aromatic rings. The van der Waals surface area contributed by atoms with Crippen molar-refractivity contribution in [3.63, 3.8) is 0 Å². The minimum atomic E-state index is 0.332. The highest BCUT2D eigenvalue weighted by molar-refractivity contribution is 5.80. The third kappa shape index (κ3) is 3.90. The van der Waals surface area contributed by atoms with Crippen LogP contribution < -0.4 is 5.32 Å². The van der Waals surface area contributed by atoms with Crippen LogP contribution in [0.5, 0.6) is 0 Å². The molecule has 0 radical (unpaired) electrons. The van der Waals surface area contributed by atoms with Crippen molar-refractivity contribution in [2.45, 2.75) is 40.2 Å². The van der Waals surface area contributed by atoms with Gasteiger partial charge in [0, 0.05) is 43.5 Å². The molecule has 7 nitrogen and oxygen atoms in total. The molecule has 4 rings (SSSR count). The van der Waals surface area contributed by atoms with Crippen molar-refractivity contribution in [3.8, 4) is 5.82 Å². The van der Waals surface area contributed by atoms with Crippen LogP contribution in [0.1, 0.15) is 36.7 Å². The summed E-state index contributed by atoms with van der Waals surface area (Å²) in [7, 11) is 0. The van der Waals surface area contributed by atoms with Crippen molar-refractivity contribution >= 4 is 5.96 Å². The second-order valence-electron chi connectivity index (χ2n) is 8.01. The molecule has 0 amide bonds. The maximum Gasteiger partial charge on any atom is 0.194 e. The molecule has 2 aromatic heterocycles. The lowest BCUT2D eigenvalue weighted by molar-refractivity contribution is 0.156. The van der Waals surface area contributed by atoms with Gasteiger partial charge in [0.15, 0.2) is 11.8 Å². The van der Waals surface area contributed by atoms with Gasteiger partial charge in [0.1, 0.15) is 0 Å². The van der Waals surface area contributed by atoms with Gasteiger partial charge in [-0.15, -0.1) is 0 Å². The Kier molecular flexibility index (Phi) is 5.35. The van der Waals surface area contributed by atoms with E-state index in [-0.39, 0.29) is 0 Å². The number of likely N-dealkylation sites (tertiary alicyclic amines) is 1. The Morgan fingerprint density at radius 1 is 1.32 bits per heavy atom. The molecule has 2 saturated heterocycles. The van der Waals surface area contributed by atoms with Crippen LogP contribution in [0.3, 0.4) is 0 Å². The number of pyridine rings is 1. The fourth-order valence-corrected chi connectivity index (χ4v) is 4.18. The van der Waals surface area contributed by atoms with E-state index in [1.807, 2.05) is 30.8 Å². The lowest BCUT2D eigenvalue weighted by Crippen LogP contribution is -2.41. The average molecular weight is 383 g/mol. The highest BCUT2D eigenvalue weighted by Gasteiger charge is 2.42. The quantitative estimate of drug-likeness (QED) is 0.650. The average Bonchev–Trinajstić information content (AvgIpc) is 3.41. The number of nitrogens with one attached hydrogen (secondary N) is 1. The second-order valence-corrected chi connectivity index (χ2v) is 8.01. The van der Waals surface area contributed by atoms with E-state index in [0.29, 0.717) is 12.0 Å². The zero-order valence-corrected chi connectivity index (χ0v) is 17.1. The fraction of sp³-hybridized carbons (Fsp3) is 0.571. The molecule has 1 unspecified atom stereocenters. The Balaban J connectivity index is 1.44. The van der Waals surface area contributed by atoms with E-state index in [1.165, 1.54) is 12.8 Å². The maximum atomic E-state index is 5.65. The highest BCUT2D eigenvalue weighted by Crippen LogP contribution is 2.38. The molecule has 2 aliphatic heterocycles. The zero-order chi connectivity index (χ0) is 19.6. The molecule has 4 heterocycles. The summed E-state index contributed by atoms with van der Waals surface area (Å²) < 4.78 is 7.53. The third-order valence-electron chi connectivity index (χ3n) is 5.70. The van der Waals surface area contributed by atoms with Crippen molar-refractivity contribution in [2.24, 2.45) is 10.4 Å². The van der Waals surface area contributed by atoms with E-state index in [4.69, 9.17) is 9.73 Å². The van der Waals surface area contributed by atoms with Crippen LogP contribution in [-0.2, 0) is 11.3 Å². The summed E-state index contributed by atoms with van der Waals surface area (Å²) in [4.78, 5) is 11.8. The van der Waals surface area contributed by atoms with Crippen molar-refractivity contribution in [1.29, 1.82) is 0 Å². The largest absolute Gasteiger partial charge is 0.381 e. The molecule has 1 N–H and O–H groups in total. The monoisotopic (exact) mass is 382 g/mol. The van der Waals surface area contributed by atoms with Gasteiger partial charge in [0.25, 0.3) is 0 Å². The second kappa shape index (κ2) is 7.91. The van der Waals surface area contributed by atoms with Gasteiger partial charge in [-0.05, 0) is 51.3 Å². The molecule has 150 valence electrons. The molecule has 7 heteroatoms. The van der Waals surface area contributed by atoms with Crippen molar-refractivity contribution < 1.29 is 4.74 Å². The lowest BCUT2D eigenvalue weighted by Gasteiger charge is -2.25. The predicted octanol–water partition coefficient (Wildman–Crippen LogP) is 2.46. The zero-order valence-electron chi connectivity index (χ0n) is 17.1. The Morgan fingerprint density at radius 3 is 2.86 bits per heavy atom. The van der Waals surface area contributed by atoms with E-state index in [9.17, 15) is 0 Å². The number of aliphatic imine (C=N–C) groups is 1. The molecule has 0 saturated carbocycles. The first-order valence-electron chi connectivity index (χ1n) is 10.2. The number of rotatable bonds is 4. The summed E-state index contributed by atoms with van der Waals surface area (Å²) in [5.74, 6) is 1.84. The molecular formula is C21H30N6O. The van der Waals surface area contributed by atoms with Gasteiger partial charge in [0.05, 0.1) is 18.8 Å². The van der Waals surface area contributed by atoms with Crippen LogP contribution in [0.15, 0.2) is 29.4 Å². The predicted molar refractivity (Wildman–Crippen MR) is 110 cm³/mol. The minimum absolute atomic E-state index is 0.332.